The zero-order valence-corrected chi connectivity index (χ0v) is 12.0. The molecule has 0 amide bonds. The molecule has 1 aromatic carbocycles. The van der Waals surface area contributed by atoms with Gasteiger partial charge in [-0.25, -0.2) is 0 Å². The number of ether oxygens (including phenoxy) is 3. The first-order chi connectivity index (χ1) is 9.31. The molecule has 0 aromatic heterocycles. The minimum absolute atomic E-state index is 0.631. The fourth-order valence-electron chi connectivity index (χ4n) is 1.96. The van der Waals surface area contributed by atoms with E-state index in [4.69, 9.17) is 25.8 Å². The molecular weight excluding hydrogens is 266 g/mol. The molecule has 1 N–H and O–H groups in total. The van der Waals surface area contributed by atoms with Crippen molar-refractivity contribution in [2.24, 2.45) is 0 Å². The molecule has 0 spiro atoms. The highest BCUT2D eigenvalue weighted by molar-refractivity contribution is 6.32. The number of hydrogen-bond donors (Lipinski definition) is 1. The van der Waals surface area contributed by atoms with E-state index in [2.05, 4.69) is 5.32 Å². The van der Waals surface area contributed by atoms with Crippen LogP contribution in [0, 0.1) is 0 Å². The number of rotatable bonds is 6. The van der Waals surface area contributed by atoms with Crippen LogP contribution in [0.3, 0.4) is 0 Å². The monoisotopic (exact) mass is 285 g/mol. The molecule has 1 aromatic rings. The normalized spacial score (nSPS) is 14.2. The first kappa shape index (κ1) is 14.4. The average molecular weight is 286 g/mol. The van der Waals surface area contributed by atoms with E-state index in [0.29, 0.717) is 24.0 Å². The zero-order valence-electron chi connectivity index (χ0n) is 11.2. The fourth-order valence-corrected chi connectivity index (χ4v) is 2.25. The standard InChI is InChI=1S/C14H20ClNO3/c1-17-8-5-16-4-3-11-9-12(15)14-13(10-11)18-6-2-7-19-14/h9-10,16H,2-8H2,1H3. The Hall–Kier alpha value is -0.970. The van der Waals surface area contributed by atoms with Gasteiger partial charge in [0.2, 0.25) is 0 Å². The van der Waals surface area contributed by atoms with Gasteiger partial charge in [0.25, 0.3) is 0 Å². The number of halogens is 1. The Bertz CT molecular complexity index is 412. The lowest BCUT2D eigenvalue weighted by Gasteiger charge is -2.12. The topological polar surface area (TPSA) is 39.7 Å². The summed E-state index contributed by atoms with van der Waals surface area (Å²) in [5.74, 6) is 1.44. The second-order valence-corrected chi connectivity index (χ2v) is 4.86. The number of nitrogens with one attached hydrogen (secondary N) is 1. The molecule has 4 nitrogen and oxygen atoms in total. The van der Waals surface area contributed by atoms with Gasteiger partial charge >= 0.3 is 0 Å². The van der Waals surface area contributed by atoms with E-state index < -0.39 is 0 Å². The summed E-state index contributed by atoms with van der Waals surface area (Å²) in [7, 11) is 1.70. The van der Waals surface area contributed by atoms with Crippen molar-refractivity contribution in [3.05, 3.63) is 22.7 Å². The first-order valence-corrected chi connectivity index (χ1v) is 6.96. The summed E-state index contributed by atoms with van der Waals surface area (Å²) >= 11 is 6.24. The van der Waals surface area contributed by atoms with Crippen molar-refractivity contribution in [1.82, 2.24) is 5.32 Å². The molecule has 0 atom stereocenters. The Morgan fingerprint density at radius 1 is 1.26 bits per heavy atom. The van der Waals surface area contributed by atoms with Gasteiger partial charge in [-0.3, -0.25) is 0 Å². The predicted molar refractivity (Wildman–Crippen MR) is 75.5 cm³/mol. The molecule has 0 aliphatic carbocycles. The van der Waals surface area contributed by atoms with Gasteiger partial charge in [0.15, 0.2) is 11.5 Å². The third kappa shape index (κ3) is 4.27. The van der Waals surface area contributed by atoms with Crippen molar-refractivity contribution in [2.45, 2.75) is 12.8 Å². The SMILES string of the molecule is COCCNCCc1cc(Cl)c2c(c1)OCCCO2. The van der Waals surface area contributed by atoms with Crippen LogP contribution >= 0.6 is 11.6 Å². The molecule has 106 valence electrons. The maximum absolute atomic E-state index is 6.24. The largest absolute Gasteiger partial charge is 0.489 e. The van der Waals surface area contributed by atoms with Crippen molar-refractivity contribution in [3.63, 3.8) is 0 Å². The summed E-state index contributed by atoms with van der Waals surface area (Å²) in [5.41, 5.74) is 1.15. The lowest BCUT2D eigenvalue weighted by molar-refractivity contribution is 0.199. The van der Waals surface area contributed by atoms with Crippen molar-refractivity contribution >= 4 is 11.6 Å². The van der Waals surface area contributed by atoms with Crippen LogP contribution in [0.25, 0.3) is 0 Å². The van der Waals surface area contributed by atoms with Crippen LogP contribution < -0.4 is 14.8 Å². The highest BCUT2D eigenvalue weighted by Crippen LogP contribution is 2.37. The zero-order chi connectivity index (χ0) is 13.5. The Morgan fingerprint density at radius 2 is 2.11 bits per heavy atom. The number of fused-ring (bicyclic) bond motifs is 1. The number of benzene rings is 1. The van der Waals surface area contributed by atoms with E-state index in [-0.39, 0.29) is 0 Å². The predicted octanol–water partition coefficient (Wildman–Crippen LogP) is 2.28. The summed E-state index contributed by atoms with van der Waals surface area (Å²) in [4.78, 5) is 0. The van der Waals surface area contributed by atoms with Crippen LogP contribution in [0.5, 0.6) is 11.5 Å². The van der Waals surface area contributed by atoms with Gasteiger partial charge in [0, 0.05) is 20.1 Å². The summed E-state index contributed by atoms with van der Waals surface area (Å²) < 4.78 is 16.2. The smallest absolute Gasteiger partial charge is 0.179 e. The van der Waals surface area contributed by atoms with Crippen molar-refractivity contribution < 1.29 is 14.2 Å². The molecule has 0 bridgehead atoms. The van der Waals surface area contributed by atoms with E-state index in [1.165, 1.54) is 0 Å². The van der Waals surface area contributed by atoms with Gasteiger partial charge < -0.3 is 19.5 Å². The van der Waals surface area contributed by atoms with Gasteiger partial charge in [-0.1, -0.05) is 11.6 Å². The molecule has 19 heavy (non-hydrogen) atoms. The Morgan fingerprint density at radius 3 is 2.95 bits per heavy atom. The van der Waals surface area contributed by atoms with Crippen molar-refractivity contribution in [3.8, 4) is 11.5 Å². The minimum atomic E-state index is 0.631. The molecule has 1 aliphatic rings. The van der Waals surface area contributed by atoms with E-state index >= 15 is 0 Å². The molecule has 1 aliphatic heterocycles. The minimum Gasteiger partial charge on any atom is -0.489 e. The van der Waals surface area contributed by atoms with Crippen LogP contribution in [0.15, 0.2) is 12.1 Å². The fraction of sp³-hybridized carbons (Fsp3) is 0.571. The molecule has 0 saturated heterocycles. The maximum Gasteiger partial charge on any atom is 0.179 e. The molecule has 0 saturated carbocycles. The Labute approximate surface area is 119 Å². The van der Waals surface area contributed by atoms with E-state index in [9.17, 15) is 0 Å². The summed E-state index contributed by atoms with van der Waals surface area (Å²) in [5, 5.41) is 3.94. The van der Waals surface area contributed by atoms with Crippen molar-refractivity contribution in [1.29, 1.82) is 0 Å². The third-order valence-corrected chi connectivity index (χ3v) is 3.22. The van der Waals surface area contributed by atoms with Crippen LogP contribution in [-0.2, 0) is 11.2 Å². The van der Waals surface area contributed by atoms with Gasteiger partial charge in [-0.15, -0.1) is 0 Å². The van der Waals surface area contributed by atoms with Gasteiger partial charge in [-0.05, 0) is 30.7 Å². The van der Waals surface area contributed by atoms with Crippen LogP contribution in [0.2, 0.25) is 5.02 Å². The summed E-state index contributed by atoms with van der Waals surface area (Å²) in [6.07, 6.45) is 1.79. The second kappa shape index (κ2) is 7.58. The third-order valence-electron chi connectivity index (χ3n) is 2.94. The molecule has 1 heterocycles. The van der Waals surface area contributed by atoms with Gasteiger partial charge in [0.1, 0.15) is 0 Å². The second-order valence-electron chi connectivity index (χ2n) is 4.45. The Kier molecular flexibility index (Phi) is 5.76. The molecule has 0 radical (unpaired) electrons. The lowest BCUT2D eigenvalue weighted by atomic mass is 10.1. The molecule has 5 heteroatoms. The van der Waals surface area contributed by atoms with Crippen LogP contribution in [0.1, 0.15) is 12.0 Å². The first-order valence-electron chi connectivity index (χ1n) is 6.59. The van der Waals surface area contributed by atoms with Crippen molar-refractivity contribution in [2.75, 3.05) is 40.0 Å². The molecule has 2 rings (SSSR count). The maximum atomic E-state index is 6.24. The lowest BCUT2D eigenvalue weighted by Crippen LogP contribution is -2.21. The van der Waals surface area contributed by atoms with Crippen LogP contribution in [-0.4, -0.2) is 40.0 Å². The quantitative estimate of drug-likeness (QED) is 0.814. The highest BCUT2D eigenvalue weighted by atomic mass is 35.5. The number of hydrogen-bond acceptors (Lipinski definition) is 4. The van der Waals surface area contributed by atoms with E-state index in [1.807, 2.05) is 12.1 Å². The molecular formula is C14H20ClNO3. The van der Waals surface area contributed by atoms with E-state index in [0.717, 1.165) is 43.9 Å². The van der Waals surface area contributed by atoms with Crippen LogP contribution in [0.4, 0.5) is 0 Å². The summed E-state index contributed by atoms with van der Waals surface area (Å²) in [6.45, 7) is 3.81. The Balaban J connectivity index is 1.94. The van der Waals surface area contributed by atoms with E-state index in [1.54, 1.807) is 7.11 Å². The molecule has 0 unspecified atom stereocenters. The average Bonchev–Trinajstić information content (AvgIpc) is 2.64. The number of methoxy groups -OCH3 is 1. The highest BCUT2D eigenvalue weighted by Gasteiger charge is 2.15. The molecule has 0 fully saturated rings. The summed E-state index contributed by atoms with van der Waals surface area (Å²) in [6, 6.07) is 3.97. The van der Waals surface area contributed by atoms with Gasteiger partial charge in [0.05, 0.1) is 24.8 Å². The van der Waals surface area contributed by atoms with Gasteiger partial charge in [-0.2, -0.15) is 0 Å².